The second-order valence-corrected chi connectivity index (χ2v) is 3.81. The third kappa shape index (κ3) is 2.57. The average Bonchev–Trinajstić information content (AvgIpc) is 2.62. The molecule has 16 heavy (non-hydrogen) atoms. The van der Waals surface area contributed by atoms with Crippen molar-refractivity contribution in [2.24, 2.45) is 5.73 Å². The zero-order chi connectivity index (χ0) is 12.1. The lowest BCUT2D eigenvalue weighted by molar-refractivity contribution is 0.0689. The Bertz CT molecular complexity index is 362. The van der Waals surface area contributed by atoms with Crippen molar-refractivity contribution in [3.63, 3.8) is 0 Å². The number of aromatic nitrogens is 3. The molecular formula is C10H18N4O2. The van der Waals surface area contributed by atoms with Crippen LogP contribution in [-0.4, -0.2) is 32.6 Å². The summed E-state index contributed by atoms with van der Waals surface area (Å²) in [6.07, 6.45) is 2.45. The number of nitrogens with two attached hydrogens (primary N) is 1. The molecule has 0 saturated heterocycles. The van der Waals surface area contributed by atoms with E-state index in [1.54, 1.807) is 4.68 Å². The van der Waals surface area contributed by atoms with Crippen LogP contribution in [0.15, 0.2) is 0 Å². The molecule has 0 saturated carbocycles. The monoisotopic (exact) mass is 226 g/mol. The summed E-state index contributed by atoms with van der Waals surface area (Å²) < 4.78 is 1.68. The van der Waals surface area contributed by atoms with Crippen molar-refractivity contribution in [1.82, 2.24) is 15.0 Å². The molecule has 1 atom stereocenters. The summed E-state index contributed by atoms with van der Waals surface area (Å²) in [4.78, 5) is 10.9. The minimum atomic E-state index is -1.04. The number of rotatable bonds is 6. The molecule has 90 valence electrons. The van der Waals surface area contributed by atoms with Gasteiger partial charge >= 0.3 is 5.97 Å². The first-order valence-corrected chi connectivity index (χ1v) is 5.49. The first-order chi connectivity index (χ1) is 7.61. The average molecular weight is 226 g/mol. The highest BCUT2D eigenvalue weighted by atomic mass is 16.4. The third-order valence-corrected chi connectivity index (χ3v) is 2.50. The van der Waals surface area contributed by atoms with Crippen molar-refractivity contribution in [2.45, 2.75) is 39.2 Å². The van der Waals surface area contributed by atoms with Crippen LogP contribution in [0.5, 0.6) is 0 Å². The molecule has 0 aromatic carbocycles. The number of carbonyl (C=O) groups is 1. The van der Waals surface area contributed by atoms with Gasteiger partial charge in [0.15, 0.2) is 5.69 Å². The van der Waals surface area contributed by atoms with E-state index in [1.165, 1.54) is 0 Å². The maximum atomic E-state index is 10.9. The van der Waals surface area contributed by atoms with E-state index in [2.05, 4.69) is 17.2 Å². The van der Waals surface area contributed by atoms with Gasteiger partial charge in [0.25, 0.3) is 0 Å². The Morgan fingerprint density at radius 2 is 2.31 bits per heavy atom. The molecule has 1 aromatic rings. The Morgan fingerprint density at radius 1 is 1.62 bits per heavy atom. The summed E-state index contributed by atoms with van der Waals surface area (Å²) in [7, 11) is 0. The van der Waals surface area contributed by atoms with Gasteiger partial charge in [-0.3, -0.25) is 0 Å². The van der Waals surface area contributed by atoms with Crippen LogP contribution < -0.4 is 5.73 Å². The standard InChI is InChI=1S/C10H18N4O2/c1-3-4-7(2)14-8(5-6-11)9(10(15)16)12-13-14/h7H,3-6,11H2,1-2H3,(H,15,16). The van der Waals surface area contributed by atoms with Crippen LogP contribution in [0, 0.1) is 0 Å². The van der Waals surface area contributed by atoms with E-state index < -0.39 is 5.97 Å². The molecule has 0 aliphatic heterocycles. The van der Waals surface area contributed by atoms with E-state index in [9.17, 15) is 4.79 Å². The topological polar surface area (TPSA) is 94.0 Å². The fourth-order valence-corrected chi connectivity index (χ4v) is 1.74. The molecule has 0 fully saturated rings. The quantitative estimate of drug-likeness (QED) is 0.749. The molecular weight excluding hydrogens is 208 g/mol. The largest absolute Gasteiger partial charge is 0.476 e. The van der Waals surface area contributed by atoms with Crippen LogP contribution >= 0.6 is 0 Å². The van der Waals surface area contributed by atoms with E-state index in [-0.39, 0.29) is 11.7 Å². The third-order valence-electron chi connectivity index (χ3n) is 2.50. The molecule has 1 aromatic heterocycles. The van der Waals surface area contributed by atoms with Crippen molar-refractivity contribution in [3.8, 4) is 0 Å². The predicted octanol–water partition coefficient (Wildman–Crippen LogP) is 0.839. The van der Waals surface area contributed by atoms with Crippen LogP contribution in [0.3, 0.4) is 0 Å². The summed E-state index contributed by atoms with van der Waals surface area (Å²) in [6.45, 7) is 4.48. The zero-order valence-corrected chi connectivity index (χ0v) is 9.68. The minimum Gasteiger partial charge on any atom is -0.476 e. The fourth-order valence-electron chi connectivity index (χ4n) is 1.74. The zero-order valence-electron chi connectivity index (χ0n) is 9.68. The Balaban J connectivity index is 3.04. The van der Waals surface area contributed by atoms with Crippen LogP contribution in [0.1, 0.15) is 48.9 Å². The van der Waals surface area contributed by atoms with Gasteiger partial charge in [0.2, 0.25) is 0 Å². The van der Waals surface area contributed by atoms with Crippen molar-refractivity contribution >= 4 is 5.97 Å². The predicted molar refractivity (Wildman–Crippen MR) is 59.4 cm³/mol. The first kappa shape index (κ1) is 12.6. The fraction of sp³-hybridized carbons (Fsp3) is 0.700. The Morgan fingerprint density at radius 3 is 2.81 bits per heavy atom. The molecule has 6 nitrogen and oxygen atoms in total. The number of aromatic carboxylic acids is 1. The van der Waals surface area contributed by atoms with Crippen LogP contribution in [0.4, 0.5) is 0 Å². The van der Waals surface area contributed by atoms with Crippen molar-refractivity contribution in [3.05, 3.63) is 11.4 Å². The summed E-state index contributed by atoms with van der Waals surface area (Å²) in [5.41, 5.74) is 6.11. The SMILES string of the molecule is CCCC(C)n1nnc(C(=O)O)c1CCN. The van der Waals surface area contributed by atoms with E-state index in [0.717, 1.165) is 12.8 Å². The summed E-state index contributed by atoms with van der Waals surface area (Å²) >= 11 is 0. The molecule has 0 amide bonds. The molecule has 0 aliphatic rings. The van der Waals surface area contributed by atoms with Gasteiger partial charge in [0, 0.05) is 6.42 Å². The van der Waals surface area contributed by atoms with E-state index in [1.807, 2.05) is 6.92 Å². The second kappa shape index (κ2) is 5.60. The smallest absolute Gasteiger partial charge is 0.358 e. The lowest BCUT2D eigenvalue weighted by Crippen LogP contribution is -2.16. The number of hydrogen-bond acceptors (Lipinski definition) is 4. The highest BCUT2D eigenvalue weighted by Crippen LogP contribution is 2.16. The number of carboxylic acid groups (broad SMARTS) is 1. The molecule has 0 aliphatic carbocycles. The lowest BCUT2D eigenvalue weighted by Gasteiger charge is -2.13. The van der Waals surface area contributed by atoms with Gasteiger partial charge in [0.1, 0.15) is 0 Å². The van der Waals surface area contributed by atoms with E-state index in [4.69, 9.17) is 10.8 Å². The highest BCUT2D eigenvalue weighted by molar-refractivity contribution is 5.86. The van der Waals surface area contributed by atoms with E-state index in [0.29, 0.717) is 18.7 Å². The van der Waals surface area contributed by atoms with Gasteiger partial charge < -0.3 is 10.8 Å². The Hall–Kier alpha value is -1.43. The van der Waals surface area contributed by atoms with Crippen LogP contribution in [0.2, 0.25) is 0 Å². The number of hydrogen-bond donors (Lipinski definition) is 2. The Kier molecular flexibility index (Phi) is 4.42. The molecule has 1 heterocycles. The second-order valence-electron chi connectivity index (χ2n) is 3.81. The van der Waals surface area contributed by atoms with Gasteiger partial charge in [-0.05, 0) is 19.9 Å². The van der Waals surface area contributed by atoms with E-state index >= 15 is 0 Å². The highest BCUT2D eigenvalue weighted by Gasteiger charge is 2.20. The van der Waals surface area contributed by atoms with Gasteiger partial charge in [-0.25, -0.2) is 9.48 Å². The molecule has 0 spiro atoms. The van der Waals surface area contributed by atoms with Crippen molar-refractivity contribution < 1.29 is 9.90 Å². The molecule has 0 bridgehead atoms. The maximum Gasteiger partial charge on any atom is 0.358 e. The van der Waals surface area contributed by atoms with Crippen molar-refractivity contribution in [1.29, 1.82) is 0 Å². The summed E-state index contributed by atoms with van der Waals surface area (Å²) in [5, 5.41) is 16.6. The Labute approximate surface area is 94.4 Å². The number of carboxylic acids is 1. The number of nitrogens with zero attached hydrogens (tertiary/aromatic N) is 3. The lowest BCUT2D eigenvalue weighted by atomic mass is 10.1. The van der Waals surface area contributed by atoms with Gasteiger partial charge in [-0.2, -0.15) is 0 Å². The van der Waals surface area contributed by atoms with Gasteiger partial charge in [-0.15, -0.1) is 5.10 Å². The minimum absolute atomic E-state index is 0.0217. The first-order valence-electron chi connectivity index (χ1n) is 5.49. The van der Waals surface area contributed by atoms with Crippen molar-refractivity contribution in [2.75, 3.05) is 6.54 Å². The van der Waals surface area contributed by atoms with Gasteiger partial charge in [0.05, 0.1) is 11.7 Å². The molecule has 0 radical (unpaired) electrons. The van der Waals surface area contributed by atoms with Gasteiger partial charge in [-0.1, -0.05) is 18.6 Å². The summed E-state index contributed by atoms with van der Waals surface area (Å²) in [6, 6.07) is 0.159. The van der Waals surface area contributed by atoms with Crippen LogP contribution in [0.25, 0.3) is 0 Å². The molecule has 3 N–H and O–H groups in total. The molecule has 1 unspecified atom stereocenters. The summed E-state index contributed by atoms with van der Waals surface area (Å²) in [5.74, 6) is -1.04. The normalized spacial score (nSPS) is 12.7. The molecule has 1 rings (SSSR count). The molecule has 6 heteroatoms. The maximum absolute atomic E-state index is 10.9. The van der Waals surface area contributed by atoms with Crippen LogP contribution in [-0.2, 0) is 6.42 Å².